The lowest BCUT2D eigenvalue weighted by molar-refractivity contribution is -0.123. The van der Waals surface area contributed by atoms with Gasteiger partial charge in [-0.3, -0.25) is 4.79 Å². The highest BCUT2D eigenvalue weighted by molar-refractivity contribution is 9.11. The fourth-order valence-corrected chi connectivity index (χ4v) is 4.27. The molecule has 2 N–H and O–H groups in total. The van der Waals surface area contributed by atoms with E-state index in [-0.39, 0.29) is 12.5 Å². The molecular weight excluding hydrogens is 462 g/mol. The standard InChI is InChI=1S/C19H17Br2N3O2/c1-11-7-15(20)19(16(21)8-11)26-10-18(25)24-22-9-14-12(2)23-17-6-4-3-5-13(14)17/h3-9,23H,10H2,1-2H3,(H,24,25)/b22-9+. The number of aromatic nitrogens is 1. The molecule has 0 atom stereocenters. The van der Waals surface area contributed by atoms with Crippen molar-refractivity contribution in [3.63, 3.8) is 0 Å². The normalized spacial score (nSPS) is 11.2. The minimum absolute atomic E-state index is 0.134. The monoisotopic (exact) mass is 477 g/mol. The number of benzene rings is 2. The summed E-state index contributed by atoms with van der Waals surface area (Å²) in [7, 11) is 0. The first-order valence-electron chi connectivity index (χ1n) is 7.93. The van der Waals surface area contributed by atoms with E-state index < -0.39 is 0 Å². The molecule has 0 aliphatic heterocycles. The van der Waals surface area contributed by atoms with Gasteiger partial charge in [0.05, 0.1) is 15.2 Å². The van der Waals surface area contributed by atoms with Crippen LogP contribution in [0.5, 0.6) is 5.75 Å². The summed E-state index contributed by atoms with van der Waals surface area (Å²) < 4.78 is 7.15. The molecule has 0 saturated carbocycles. The summed E-state index contributed by atoms with van der Waals surface area (Å²) in [5.41, 5.74) is 6.56. The Balaban J connectivity index is 1.62. The average Bonchev–Trinajstić information content (AvgIpc) is 2.89. The Morgan fingerprint density at radius 2 is 1.92 bits per heavy atom. The predicted octanol–water partition coefficient (Wildman–Crippen LogP) is 4.84. The van der Waals surface area contributed by atoms with Gasteiger partial charge in [0, 0.05) is 22.2 Å². The van der Waals surface area contributed by atoms with Crippen LogP contribution in [0.3, 0.4) is 0 Å². The minimum atomic E-state index is -0.335. The summed E-state index contributed by atoms with van der Waals surface area (Å²) in [6.07, 6.45) is 1.64. The number of para-hydroxylation sites is 1. The molecule has 5 nitrogen and oxygen atoms in total. The van der Waals surface area contributed by atoms with Crippen LogP contribution < -0.4 is 10.2 Å². The van der Waals surface area contributed by atoms with Gasteiger partial charge >= 0.3 is 0 Å². The van der Waals surface area contributed by atoms with E-state index in [0.29, 0.717) is 5.75 Å². The first-order valence-corrected chi connectivity index (χ1v) is 9.52. The van der Waals surface area contributed by atoms with Crippen LogP contribution in [0, 0.1) is 13.8 Å². The van der Waals surface area contributed by atoms with Crippen LogP contribution in [0.15, 0.2) is 50.4 Å². The largest absolute Gasteiger partial charge is 0.481 e. The van der Waals surface area contributed by atoms with E-state index >= 15 is 0 Å². The molecule has 134 valence electrons. The number of ether oxygens (including phenoxy) is 1. The number of carbonyl (C=O) groups is 1. The summed E-state index contributed by atoms with van der Waals surface area (Å²) >= 11 is 6.88. The average molecular weight is 479 g/mol. The molecule has 0 saturated heterocycles. The van der Waals surface area contributed by atoms with Crippen molar-refractivity contribution in [2.75, 3.05) is 6.61 Å². The van der Waals surface area contributed by atoms with Crippen LogP contribution in [-0.2, 0) is 4.79 Å². The van der Waals surface area contributed by atoms with Gasteiger partial charge in [-0.15, -0.1) is 0 Å². The van der Waals surface area contributed by atoms with Gasteiger partial charge < -0.3 is 9.72 Å². The summed E-state index contributed by atoms with van der Waals surface area (Å²) in [6.45, 7) is 3.82. The molecule has 1 heterocycles. The van der Waals surface area contributed by atoms with Gasteiger partial charge in [0.2, 0.25) is 0 Å². The third kappa shape index (κ3) is 4.16. The number of amides is 1. The van der Waals surface area contributed by atoms with Gasteiger partial charge in [-0.05, 0) is 69.5 Å². The van der Waals surface area contributed by atoms with Gasteiger partial charge in [0.25, 0.3) is 5.91 Å². The fourth-order valence-electron chi connectivity index (χ4n) is 2.63. The second kappa shape index (κ2) is 8.05. The number of rotatable bonds is 5. The highest BCUT2D eigenvalue weighted by atomic mass is 79.9. The van der Waals surface area contributed by atoms with E-state index in [1.54, 1.807) is 6.21 Å². The van der Waals surface area contributed by atoms with Crippen LogP contribution in [0.2, 0.25) is 0 Å². The Morgan fingerprint density at radius 1 is 1.23 bits per heavy atom. The number of H-pyrrole nitrogens is 1. The SMILES string of the molecule is Cc1cc(Br)c(OCC(=O)N/N=C/c2c(C)[nH]c3ccccc23)c(Br)c1. The maximum atomic E-state index is 12.0. The Bertz CT molecular complexity index is 973. The second-order valence-corrected chi connectivity index (χ2v) is 7.56. The maximum Gasteiger partial charge on any atom is 0.277 e. The molecule has 0 aliphatic rings. The third-order valence-electron chi connectivity index (χ3n) is 3.82. The molecule has 1 amide bonds. The molecule has 1 aromatic heterocycles. The lowest BCUT2D eigenvalue weighted by atomic mass is 10.1. The number of nitrogens with one attached hydrogen (secondary N) is 2. The number of hydrazone groups is 1. The highest BCUT2D eigenvalue weighted by Gasteiger charge is 2.10. The van der Waals surface area contributed by atoms with Crippen LogP contribution in [-0.4, -0.2) is 23.7 Å². The number of carbonyl (C=O) groups excluding carboxylic acids is 1. The molecular formula is C19H17Br2N3O2. The summed E-state index contributed by atoms with van der Waals surface area (Å²) in [4.78, 5) is 15.3. The zero-order valence-electron chi connectivity index (χ0n) is 14.3. The van der Waals surface area contributed by atoms with E-state index in [9.17, 15) is 4.79 Å². The molecule has 0 fully saturated rings. The van der Waals surface area contributed by atoms with Crippen LogP contribution >= 0.6 is 31.9 Å². The number of aromatic amines is 1. The van der Waals surface area contributed by atoms with Gasteiger partial charge in [0.1, 0.15) is 5.75 Å². The smallest absolute Gasteiger partial charge is 0.277 e. The summed E-state index contributed by atoms with van der Waals surface area (Å²) in [6, 6.07) is 11.8. The molecule has 0 unspecified atom stereocenters. The number of hydrogen-bond acceptors (Lipinski definition) is 3. The Hall–Kier alpha value is -2.12. The Labute approximate surface area is 168 Å². The summed E-state index contributed by atoms with van der Waals surface area (Å²) in [5.74, 6) is 0.250. The zero-order chi connectivity index (χ0) is 18.7. The van der Waals surface area contributed by atoms with Crippen molar-refractivity contribution in [2.24, 2.45) is 5.10 Å². The number of halogens is 2. The molecule has 26 heavy (non-hydrogen) atoms. The van der Waals surface area contributed by atoms with Crippen molar-refractivity contribution in [3.8, 4) is 5.75 Å². The number of aryl methyl sites for hydroxylation is 2. The first kappa shape index (κ1) is 18.7. The van der Waals surface area contributed by atoms with Crippen LogP contribution in [0.25, 0.3) is 10.9 Å². The van der Waals surface area contributed by atoms with E-state index in [1.165, 1.54) is 0 Å². The molecule has 7 heteroatoms. The number of fused-ring (bicyclic) bond motifs is 1. The number of nitrogens with zero attached hydrogens (tertiary/aromatic N) is 1. The Kier molecular flexibility index (Phi) is 5.78. The minimum Gasteiger partial charge on any atom is -0.481 e. The van der Waals surface area contributed by atoms with Gasteiger partial charge in [0.15, 0.2) is 6.61 Å². The van der Waals surface area contributed by atoms with E-state index in [2.05, 4.69) is 47.4 Å². The van der Waals surface area contributed by atoms with Crippen LogP contribution in [0.4, 0.5) is 0 Å². The molecule has 0 aliphatic carbocycles. The highest BCUT2D eigenvalue weighted by Crippen LogP contribution is 2.34. The van der Waals surface area contributed by atoms with Crippen LogP contribution in [0.1, 0.15) is 16.8 Å². The number of hydrogen-bond donors (Lipinski definition) is 2. The molecule has 0 radical (unpaired) electrons. The van der Waals surface area contributed by atoms with Gasteiger partial charge in [-0.2, -0.15) is 5.10 Å². The van der Waals surface area contributed by atoms with Crippen molar-refractivity contribution in [2.45, 2.75) is 13.8 Å². The molecule has 3 rings (SSSR count). The van der Waals surface area contributed by atoms with Crippen molar-refractivity contribution in [1.29, 1.82) is 0 Å². The van der Waals surface area contributed by atoms with Crippen molar-refractivity contribution in [1.82, 2.24) is 10.4 Å². The summed E-state index contributed by atoms with van der Waals surface area (Å²) in [5, 5.41) is 5.11. The fraction of sp³-hybridized carbons (Fsp3) is 0.158. The van der Waals surface area contributed by atoms with E-state index in [1.807, 2.05) is 50.2 Å². The quantitative estimate of drug-likeness (QED) is 0.407. The van der Waals surface area contributed by atoms with Crippen molar-refractivity contribution >= 4 is 54.9 Å². The van der Waals surface area contributed by atoms with Crippen molar-refractivity contribution in [3.05, 3.63) is 62.2 Å². The van der Waals surface area contributed by atoms with Gasteiger partial charge in [-0.25, -0.2) is 5.43 Å². The van der Waals surface area contributed by atoms with Gasteiger partial charge in [-0.1, -0.05) is 18.2 Å². The maximum absolute atomic E-state index is 12.0. The lowest BCUT2D eigenvalue weighted by Gasteiger charge is -2.10. The molecule has 2 aromatic carbocycles. The first-order chi connectivity index (χ1) is 12.5. The lowest BCUT2D eigenvalue weighted by Crippen LogP contribution is -2.24. The molecule has 0 spiro atoms. The third-order valence-corrected chi connectivity index (χ3v) is 4.99. The van der Waals surface area contributed by atoms with Crippen molar-refractivity contribution < 1.29 is 9.53 Å². The molecule has 3 aromatic rings. The second-order valence-electron chi connectivity index (χ2n) is 5.85. The molecule has 0 bridgehead atoms. The zero-order valence-corrected chi connectivity index (χ0v) is 17.4. The van der Waals surface area contributed by atoms with E-state index in [4.69, 9.17) is 4.74 Å². The Morgan fingerprint density at radius 3 is 2.65 bits per heavy atom. The van der Waals surface area contributed by atoms with E-state index in [0.717, 1.165) is 36.7 Å². The predicted molar refractivity (Wildman–Crippen MR) is 111 cm³/mol. The topological polar surface area (TPSA) is 66.5 Å².